The lowest BCUT2D eigenvalue weighted by Crippen LogP contribution is -2.14. The van der Waals surface area contributed by atoms with Crippen LogP contribution in [0.15, 0.2) is 24.3 Å². The van der Waals surface area contributed by atoms with Gasteiger partial charge in [0.05, 0.1) is 8.67 Å². The maximum Gasteiger partial charge on any atom is 0.0992 e. The number of benzene rings is 1. The van der Waals surface area contributed by atoms with Crippen molar-refractivity contribution in [3.63, 3.8) is 0 Å². The largest absolute Gasteiger partial charge is 0.324 e. The third kappa shape index (κ3) is 2.89. The van der Waals surface area contributed by atoms with Crippen LogP contribution in [0.5, 0.6) is 0 Å². The minimum atomic E-state index is -0.110. The quantitative estimate of drug-likeness (QED) is 0.856. The van der Waals surface area contributed by atoms with Crippen LogP contribution >= 0.6 is 34.5 Å². The fourth-order valence-electron chi connectivity index (χ4n) is 2.11. The maximum absolute atomic E-state index is 6.24. The van der Waals surface area contributed by atoms with Gasteiger partial charge in [0, 0.05) is 11.6 Å². The zero-order valence-electron chi connectivity index (χ0n) is 10.3. The molecule has 18 heavy (non-hydrogen) atoms. The molecule has 1 aromatic heterocycles. The predicted octanol–water partition coefficient (Wildman–Crippen LogP) is 4.91. The highest BCUT2D eigenvalue weighted by atomic mass is 35.5. The summed E-state index contributed by atoms with van der Waals surface area (Å²) in [7, 11) is 0. The van der Waals surface area contributed by atoms with E-state index in [2.05, 4.69) is 32.0 Å². The Labute approximate surface area is 122 Å². The molecule has 0 fully saturated rings. The van der Waals surface area contributed by atoms with Crippen molar-refractivity contribution >= 4 is 34.5 Å². The normalized spacial score (nSPS) is 12.7. The molecular formula is C14H15Cl2NS. The molecule has 1 unspecified atom stereocenters. The first kappa shape index (κ1) is 13.9. The molecule has 1 heterocycles. The third-order valence-corrected chi connectivity index (χ3v) is 4.67. The minimum Gasteiger partial charge on any atom is -0.324 e. The number of aryl methyl sites for hydroxylation is 2. The van der Waals surface area contributed by atoms with E-state index in [-0.39, 0.29) is 6.04 Å². The zero-order valence-corrected chi connectivity index (χ0v) is 12.7. The zero-order chi connectivity index (χ0) is 13.3. The Kier molecular flexibility index (Phi) is 4.33. The summed E-state index contributed by atoms with van der Waals surface area (Å²) in [4.78, 5) is 0. The number of hydrogen-bond acceptors (Lipinski definition) is 2. The van der Waals surface area contributed by atoms with Gasteiger partial charge < -0.3 is 5.73 Å². The van der Waals surface area contributed by atoms with Crippen molar-refractivity contribution in [2.24, 2.45) is 5.73 Å². The molecule has 0 radical (unpaired) electrons. The van der Waals surface area contributed by atoms with Crippen molar-refractivity contribution in [2.75, 3.05) is 0 Å². The molecule has 96 valence electrons. The molecule has 4 heteroatoms. The van der Waals surface area contributed by atoms with E-state index in [1.807, 2.05) is 6.07 Å². The monoisotopic (exact) mass is 299 g/mol. The van der Waals surface area contributed by atoms with E-state index in [0.29, 0.717) is 8.67 Å². The summed E-state index contributed by atoms with van der Waals surface area (Å²) >= 11 is 13.5. The number of halogens is 2. The molecule has 0 spiro atoms. The minimum absolute atomic E-state index is 0.110. The molecule has 0 saturated heterocycles. The molecule has 0 aliphatic heterocycles. The summed E-state index contributed by atoms with van der Waals surface area (Å²) in [6, 6.07) is 8.04. The second kappa shape index (κ2) is 5.62. The molecule has 1 nitrogen and oxygen atoms in total. The van der Waals surface area contributed by atoms with Crippen molar-refractivity contribution in [2.45, 2.75) is 26.3 Å². The summed E-state index contributed by atoms with van der Waals surface area (Å²) in [5, 5.41) is 0. The van der Waals surface area contributed by atoms with Crippen LogP contribution in [0.2, 0.25) is 8.67 Å². The van der Waals surface area contributed by atoms with Crippen LogP contribution in [0.3, 0.4) is 0 Å². The van der Waals surface area contributed by atoms with Crippen molar-refractivity contribution in [3.8, 4) is 0 Å². The van der Waals surface area contributed by atoms with Crippen LogP contribution in [-0.4, -0.2) is 0 Å². The molecule has 1 atom stereocenters. The van der Waals surface area contributed by atoms with Gasteiger partial charge in [-0.1, -0.05) is 41.4 Å². The Bertz CT molecular complexity index is 543. The summed E-state index contributed by atoms with van der Waals surface area (Å²) < 4.78 is 1.38. The Morgan fingerprint density at radius 3 is 2.33 bits per heavy atom. The molecule has 2 N–H and O–H groups in total. The van der Waals surface area contributed by atoms with Crippen molar-refractivity contribution < 1.29 is 0 Å². The Morgan fingerprint density at radius 2 is 1.83 bits per heavy atom. The molecule has 2 rings (SSSR count). The van der Waals surface area contributed by atoms with Crippen LogP contribution in [0.25, 0.3) is 0 Å². The summed E-state index contributed by atoms with van der Waals surface area (Å²) in [6.45, 7) is 4.22. The first-order chi connectivity index (χ1) is 8.49. The first-order valence-electron chi connectivity index (χ1n) is 5.74. The van der Waals surface area contributed by atoms with E-state index in [1.54, 1.807) is 0 Å². The van der Waals surface area contributed by atoms with E-state index in [0.717, 1.165) is 12.0 Å². The lowest BCUT2D eigenvalue weighted by atomic mass is 9.94. The average Bonchev–Trinajstić information content (AvgIpc) is 2.63. The highest BCUT2D eigenvalue weighted by Gasteiger charge is 2.16. The summed E-state index contributed by atoms with van der Waals surface area (Å²) in [5.74, 6) is 0. The Balaban J connectivity index is 2.26. The maximum atomic E-state index is 6.24. The molecule has 0 aliphatic rings. The van der Waals surface area contributed by atoms with E-state index in [4.69, 9.17) is 28.9 Å². The van der Waals surface area contributed by atoms with Gasteiger partial charge in [-0.05, 0) is 43.0 Å². The van der Waals surface area contributed by atoms with Crippen LogP contribution in [-0.2, 0) is 6.42 Å². The molecular weight excluding hydrogens is 285 g/mol. The fraction of sp³-hybridized carbons (Fsp3) is 0.286. The SMILES string of the molecule is Cc1cccc(C)c1CC(N)c1cc(Cl)sc1Cl. The molecule has 0 amide bonds. The van der Waals surface area contributed by atoms with Gasteiger partial charge >= 0.3 is 0 Å². The van der Waals surface area contributed by atoms with Crippen LogP contribution in [0, 0.1) is 13.8 Å². The van der Waals surface area contributed by atoms with Gasteiger partial charge in [-0.3, -0.25) is 0 Å². The molecule has 2 aromatic rings. The van der Waals surface area contributed by atoms with E-state index in [9.17, 15) is 0 Å². The second-order valence-electron chi connectivity index (χ2n) is 4.46. The number of rotatable bonds is 3. The van der Waals surface area contributed by atoms with Crippen LogP contribution in [0.4, 0.5) is 0 Å². The number of thiophene rings is 1. The number of nitrogens with two attached hydrogens (primary N) is 1. The highest BCUT2D eigenvalue weighted by molar-refractivity contribution is 7.20. The number of hydrogen-bond donors (Lipinski definition) is 1. The molecule has 0 bridgehead atoms. The van der Waals surface area contributed by atoms with Crippen molar-refractivity contribution in [1.82, 2.24) is 0 Å². The van der Waals surface area contributed by atoms with Gasteiger partial charge in [0.1, 0.15) is 0 Å². The van der Waals surface area contributed by atoms with Gasteiger partial charge in [-0.2, -0.15) is 0 Å². The predicted molar refractivity (Wildman–Crippen MR) is 80.9 cm³/mol. The van der Waals surface area contributed by atoms with Crippen molar-refractivity contribution in [3.05, 3.63) is 55.2 Å². The topological polar surface area (TPSA) is 26.0 Å². The standard InChI is InChI=1S/C14H15Cl2NS/c1-8-4-3-5-9(2)10(8)6-12(17)11-7-13(15)18-14(11)16/h3-5,7,12H,6,17H2,1-2H3. The van der Waals surface area contributed by atoms with Gasteiger partial charge in [-0.15, -0.1) is 11.3 Å². The van der Waals surface area contributed by atoms with Crippen molar-refractivity contribution in [1.29, 1.82) is 0 Å². The van der Waals surface area contributed by atoms with Gasteiger partial charge in [0.15, 0.2) is 0 Å². The molecule has 1 aromatic carbocycles. The van der Waals surface area contributed by atoms with Gasteiger partial charge in [0.25, 0.3) is 0 Å². The van der Waals surface area contributed by atoms with Gasteiger partial charge in [0.2, 0.25) is 0 Å². The fourth-order valence-corrected chi connectivity index (χ4v) is 3.70. The Morgan fingerprint density at radius 1 is 1.22 bits per heavy atom. The van der Waals surface area contributed by atoms with E-state index < -0.39 is 0 Å². The highest BCUT2D eigenvalue weighted by Crippen LogP contribution is 2.35. The smallest absolute Gasteiger partial charge is 0.0992 e. The Hall–Kier alpha value is -0.540. The van der Waals surface area contributed by atoms with E-state index in [1.165, 1.54) is 28.0 Å². The lowest BCUT2D eigenvalue weighted by Gasteiger charge is -2.15. The summed E-state index contributed by atoms with van der Waals surface area (Å²) in [6.07, 6.45) is 0.783. The first-order valence-corrected chi connectivity index (χ1v) is 7.31. The second-order valence-corrected chi connectivity index (χ2v) is 6.75. The molecule has 0 aliphatic carbocycles. The van der Waals surface area contributed by atoms with E-state index >= 15 is 0 Å². The average molecular weight is 300 g/mol. The van der Waals surface area contributed by atoms with Crippen LogP contribution in [0.1, 0.15) is 28.3 Å². The van der Waals surface area contributed by atoms with Crippen LogP contribution < -0.4 is 5.73 Å². The lowest BCUT2D eigenvalue weighted by molar-refractivity contribution is 0.718. The van der Waals surface area contributed by atoms with Gasteiger partial charge in [-0.25, -0.2) is 0 Å². The molecule has 0 saturated carbocycles. The third-order valence-electron chi connectivity index (χ3n) is 3.15. The summed E-state index contributed by atoms with van der Waals surface area (Å²) in [5.41, 5.74) is 11.0.